The molecule has 3 aromatic rings. The number of fused-ring (bicyclic) bond motifs is 1. The van der Waals surface area contributed by atoms with E-state index in [0.717, 1.165) is 35.2 Å². The summed E-state index contributed by atoms with van der Waals surface area (Å²) in [6, 6.07) is 8.60. The number of H-pyrrole nitrogens is 1. The molecule has 0 bridgehead atoms. The number of hydrogen-bond acceptors (Lipinski definition) is 4. The molecule has 2 heterocycles. The molecule has 2 aromatic heterocycles. The number of aromatic nitrogens is 3. The fourth-order valence-corrected chi connectivity index (χ4v) is 3.21. The summed E-state index contributed by atoms with van der Waals surface area (Å²) in [6.45, 7) is 1.50. The molecule has 3 N–H and O–H groups in total. The Morgan fingerprint density at radius 3 is 2.63 bits per heavy atom. The molecule has 0 radical (unpaired) electrons. The molecule has 0 saturated heterocycles. The lowest BCUT2D eigenvalue weighted by Gasteiger charge is -2.14. The summed E-state index contributed by atoms with van der Waals surface area (Å²) < 4.78 is 37.6. The number of anilines is 1. The first-order valence-corrected chi connectivity index (χ1v) is 9.31. The lowest BCUT2D eigenvalue weighted by molar-refractivity contribution is -0.141. The molecular weight excluding hydrogens is 399 g/mol. The number of amides is 2. The van der Waals surface area contributed by atoms with Gasteiger partial charge in [-0.3, -0.25) is 9.59 Å². The van der Waals surface area contributed by atoms with Gasteiger partial charge in [-0.25, -0.2) is 9.97 Å². The van der Waals surface area contributed by atoms with E-state index in [2.05, 4.69) is 25.6 Å². The van der Waals surface area contributed by atoms with Crippen LogP contribution in [0.25, 0.3) is 11.0 Å². The zero-order chi connectivity index (χ0) is 21.5. The third kappa shape index (κ3) is 4.12. The number of aromatic amines is 1. The van der Waals surface area contributed by atoms with Crippen LogP contribution in [0.1, 0.15) is 30.8 Å². The second-order valence-electron chi connectivity index (χ2n) is 7.24. The highest BCUT2D eigenvalue weighted by Gasteiger charge is 2.46. The van der Waals surface area contributed by atoms with Crippen LogP contribution in [-0.2, 0) is 15.8 Å². The molecule has 2 amide bonds. The molecule has 0 unspecified atom stereocenters. The number of imidazole rings is 1. The minimum atomic E-state index is -4.55. The van der Waals surface area contributed by atoms with Crippen molar-refractivity contribution in [3.05, 3.63) is 54.1 Å². The van der Waals surface area contributed by atoms with E-state index in [1.165, 1.54) is 6.92 Å². The second-order valence-corrected chi connectivity index (χ2v) is 7.24. The lowest BCUT2D eigenvalue weighted by atomic mass is 10.2. The predicted octanol–water partition coefficient (Wildman–Crippen LogP) is 3.22. The number of rotatable bonds is 5. The van der Waals surface area contributed by atoms with Crippen LogP contribution >= 0.6 is 0 Å². The standard InChI is InChI=1S/C20H18F3N5O2/c1-10(18(29)26-11-6-7-16(24-9-11)20(21,22)23)25-19(30)13-8-12(13)17-27-14-4-2-3-5-15(14)28-17/h2-7,9-10,12-13H,8H2,1H3,(H,25,30)(H,26,29)(H,27,28)/t10-,12-,13-/m0/s1. The number of carbonyl (C=O) groups is 2. The van der Waals surface area contributed by atoms with Crippen LogP contribution in [0.5, 0.6) is 0 Å². The monoisotopic (exact) mass is 417 g/mol. The number of nitrogens with zero attached hydrogens (tertiary/aromatic N) is 2. The molecule has 1 saturated carbocycles. The number of pyridine rings is 1. The third-order valence-electron chi connectivity index (χ3n) is 4.96. The molecule has 7 nitrogen and oxygen atoms in total. The number of benzene rings is 1. The Labute approximate surface area is 169 Å². The van der Waals surface area contributed by atoms with Crippen molar-refractivity contribution in [3.63, 3.8) is 0 Å². The van der Waals surface area contributed by atoms with E-state index >= 15 is 0 Å². The molecular formula is C20H18F3N5O2. The van der Waals surface area contributed by atoms with Crippen LogP contribution in [0.4, 0.5) is 18.9 Å². The Morgan fingerprint density at radius 1 is 1.20 bits per heavy atom. The van der Waals surface area contributed by atoms with Crippen molar-refractivity contribution in [2.45, 2.75) is 31.5 Å². The molecule has 0 spiro atoms. The molecule has 10 heteroatoms. The van der Waals surface area contributed by atoms with Crippen LogP contribution in [0.2, 0.25) is 0 Å². The minimum Gasteiger partial charge on any atom is -0.344 e. The maximum absolute atomic E-state index is 12.5. The molecule has 156 valence electrons. The van der Waals surface area contributed by atoms with Crippen molar-refractivity contribution in [3.8, 4) is 0 Å². The average molecular weight is 417 g/mol. The molecule has 1 aliphatic rings. The van der Waals surface area contributed by atoms with Crippen LogP contribution in [-0.4, -0.2) is 32.8 Å². The lowest BCUT2D eigenvalue weighted by Crippen LogP contribution is -2.42. The second kappa shape index (κ2) is 7.43. The van der Waals surface area contributed by atoms with Gasteiger partial charge in [0.2, 0.25) is 11.8 Å². The highest BCUT2D eigenvalue weighted by Crippen LogP contribution is 2.46. The molecule has 4 rings (SSSR count). The first-order valence-electron chi connectivity index (χ1n) is 9.31. The number of nitrogens with one attached hydrogen (secondary N) is 3. The van der Waals surface area contributed by atoms with E-state index < -0.39 is 23.8 Å². The van der Waals surface area contributed by atoms with Gasteiger partial charge in [-0.1, -0.05) is 12.1 Å². The summed E-state index contributed by atoms with van der Waals surface area (Å²) in [5.41, 5.74) is 0.792. The summed E-state index contributed by atoms with van der Waals surface area (Å²) in [5, 5.41) is 5.08. The predicted molar refractivity (Wildman–Crippen MR) is 102 cm³/mol. The smallest absolute Gasteiger partial charge is 0.344 e. The Hall–Kier alpha value is -3.43. The van der Waals surface area contributed by atoms with Gasteiger partial charge in [0.1, 0.15) is 17.6 Å². The molecule has 3 atom stereocenters. The Balaban J connectivity index is 1.32. The van der Waals surface area contributed by atoms with Crippen molar-refractivity contribution in [1.82, 2.24) is 20.3 Å². The summed E-state index contributed by atoms with van der Waals surface area (Å²) in [6.07, 6.45) is -3.00. The minimum absolute atomic E-state index is 0.0354. The molecule has 1 aromatic carbocycles. The quantitative estimate of drug-likeness (QED) is 0.594. The summed E-state index contributed by atoms with van der Waals surface area (Å²) in [7, 11) is 0. The van der Waals surface area contributed by atoms with Crippen LogP contribution in [0, 0.1) is 5.92 Å². The van der Waals surface area contributed by atoms with Crippen molar-refractivity contribution in [1.29, 1.82) is 0 Å². The van der Waals surface area contributed by atoms with Crippen LogP contribution in [0.3, 0.4) is 0 Å². The fraction of sp³-hybridized carbons (Fsp3) is 0.300. The highest BCUT2D eigenvalue weighted by molar-refractivity contribution is 5.97. The van der Waals surface area contributed by atoms with Gasteiger partial charge in [-0.15, -0.1) is 0 Å². The average Bonchev–Trinajstić information content (AvgIpc) is 3.39. The maximum atomic E-state index is 12.5. The zero-order valence-corrected chi connectivity index (χ0v) is 15.8. The Morgan fingerprint density at radius 2 is 1.97 bits per heavy atom. The van der Waals surface area contributed by atoms with Crippen molar-refractivity contribution in [2.24, 2.45) is 5.92 Å². The number of hydrogen-bond donors (Lipinski definition) is 3. The number of carbonyl (C=O) groups excluding carboxylic acids is 2. The highest BCUT2D eigenvalue weighted by atomic mass is 19.4. The molecule has 30 heavy (non-hydrogen) atoms. The Kier molecular flexibility index (Phi) is 4.92. The van der Waals surface area contributed by atoms with Gasteiger partial charge < -0.3 is 15.6 Å². The van der Waals surface area contributed by atoms with Gasteiger partial charge in [0.05, 0.1) is 22.9 Å². The van der Waals surface area contributed by atoms with Gasteiger partial charge in [0.25, 0.3) is 0 Å². The van der Waals surface area contributed by atoms with Crippen molar-refractivity contribution >= 4 is 28.5 Å². The molecule has 1 aliphatic carbocycles. The van der Waals surface area contributed by atoms with Crippen molar-refractivity contribution in [2.75, 3.05) is 5.32 Å². The summed E-state index contributed by atoms with van der Waals surface area (Å²) >= 11 is 0. The Bertz CT molecular complexity index is 1060. The van der Waals surface area contributed by atoms with E-state index in [-0.39, 0.29) is 23.4 Å². The van der Waals surface area contributed by atoms with E-state index in [1.54, 1.807) is 0 Å². The first-order chi connectivity index (χ1) is 14.2. The number of halogens is 3. The largest absolute Gasteiger partial charge is 0.433 e. The fourth-order valence-electron chi connectivity index (χ4n) is 3.21. The van der Waals surface area contributed by atoms with Gasteiger partial charge in [-0.2, -0.15) is 13.2 Å². The maximum Gasteiger partial charge on any atom is 0.433 e. The third-order valence-corrected chi connectivity index (χ3v) is 4.96. The molecule has 0 aliphatic heterocycles. The van der Waals surface area contributed by atoms with E-state index in [1.807, 2.05) is 24.3 Å². The van der Waals surface area contributed by atoms with E-state index in [9.17, 15) is 22.8 Å². The van der Waals surface area contributed by atoms with Gasteiger partial charge >= 0.3 is 6.18 Å². The van der Waals surface area contributed by atoms with Crippen LogP contribution in [0.15, 0.2) is 42.6 Å². The van der Waals surface area contributed by atoms with Crippen molar-refractivity contribution < 1.29 is 22.8 Å². The summed E-state index contributed by atoms with van der Waals surface area (Å²) in [5.74, 6) is -0.399. The normalized spacial score (nSPS) is 19.3. The SMILES string of the molecule is C[C@H](NC(=O)[C@H]1C[C@@H]1c1nc2ccccc2[nH]1)C(=O)Nc1ccc(C(F)(F)F)nc1. The zero-order valence-electron chi connectivity index (χ0n) is 15.8. The van der Waals surface area contributed by atoms with Gasteiger partial charge in [-0.05, 0) is 37.6 Å². The van der Waals surface area contributed by atoms with E-state index in [4.69, 9.17) is 0 Å². The van der Waals surface area contributed by atoms with Crippen LogP contribution < -0.4 is 10.6 Å². The molecule has 1 fully saturated rings. The summed E-state index contributed by atoms with van der Waals surface area (Å²) in [4.78, 5) is 35.7. The van der Waals surface area contributed by atoms with E-state index in [0.29, 0.717) is 6.42 Å². The first kappa shape index (κ1) is 19.9. The topological polar surface area (TPSA) is 99.8 Å². The number of alkyl halides is 3. The number of para-hydroxylation sites is 2. The van der Waals surface area contributed by atoms with Gasteiger partial charge in [0.15, 0.2) is 0 Å². The van der Waals surface area contributed by atoms with Gasteiger partial charge in [0, 0.05) is 11.8 Å².